The summed E-state index contributed by atoms with van der Waals surface area (Å²) in [7, 11) is -1.23. The molecule has 0 radical (unpaired) electrons. The standard InChI is InChI=1S/C19H28FN3O3S.HI/c1-13(16-5-6-18(17(20)9-16)26-11-14-3-4-14)23-19(21-2)22-10-15-7-8-27(24,25)12-15;/h5-6,9,13-15H,3-4,7-8,10-12H2,1-2H3,(H2,21,22,23);1H. The van der Waals surface area contributed by atoms with Crippen molar-refractivity contribution in [2.45, 2.75) is 32.2 Å². The van der Waals surface area contributed by atoms with E-state index in [0.29, 0.717) is 37.2 Å². The summed E-state index contributed by atoms with van der Waals surface area (Å²) in [6, 6.07) is 4.84. The SMILES string of the molecule is CN=C(NCC1CCS(=O)(=O)C1)NC(C)c1ccc(OCC2CC2)c(F)c1.I. The maximum absolute atomic E-state index is 14.3. The maximum Gasteiger partial charge on any atom is 0.191 e. The molecule has 1 heterocycles. The summed E-state index contributed by atoms with van der Waals surface area (Å²) < 4.78 is 42.9. The highest BCUT2D eigenvalue weighted by atomic mass is 127. The van der Waals surface area contributed by atoms with Crippen LogP contribution in [-0.4, -0.2) is 46.1 Å². The van der Waals surface area contributed by atoms with Gasteiger partial charge in [-0.1, -0.05) is 6.07 Å². The molecule has 2 fully saturated rings. The fourth-order valence-corrected chi connectivity index (χ4v) is 5.01. The normalized spacial score (nSPS) is 22.2. The van der Waals surface area contributed by atoms with E-state index in [-0.39, 0.29) is 53.3 Å². The summed E-state index contributed by atoms with van der Waals surface area (Å²) in [5.41, 5.74) is 0.790. The molecule has 1 aromatic carbocycles. The van der Waals surface area contributed by atoms with Gasteiger partial charge in [-0.3, -0.25) is 4.99 Å². The fraction of sp³-hybridized carbons (Fsp3) is 0.632. The van der Waals surface area contributed by atoms with Gasteiger partial charge in [-0.15, -0.1) is 24.0 Å². The Kier molecular flexibility index (Phi) is 8.35. The number of sulfone groups is 1. The van der Waals surface area contributed by atoms with E-state index in [9.17, 15) is 12.8 Å². The summed E-state index contributed by atoms with van der Waals surface area (Å²) >= 11 is 0. The molecule has 0 aromatic heterocycles. The molecule has 1 aliphatic heterocycles. The quantitative estimate of drug-likeness (QED) is 0.325. The average molecular weight is 525 g/mol. The van der Waals surface area contributed by atoms with Gasteiger partial charge >= 0.3 is 0 Å². The molecular weight excluding hydrogens is 496 g/mol. The Morgan fingerprint density at radius 3 is 2.64 bits per heavy atom. The zero-order chi connectivity index (χ0) is 19.4. The van der Waals surface area contributed by atoms with Crippen LogP contribution in [0.25, 0.3) is 0 Å². The van der Waals surface area contributed by atoms with Crippen LogP contribution in [0, 0.1) is 17.7 Å². The lowest BCUT2D eigenvalue weighted by atomic mass is 10.1. The van der Waals surface area contributed by atoms with Crippen LogP contribution in [0.2, 0.25) is 0 Å². The maximum atomic E-state index is 14.3. The topological polar surface area (TPSA) is 79.8 Å². The van der Waals surface area contributed by atoms with Gasteiger partial charge in [0.25, 0.3) is 0 Å². The number of guanidine groups is 1. The molecule has 9 heteroatoms. The molecule has 2 unspecified atom stereocenters. The number of ether oxygens (including phenoxy) is 1. The molecule has 1 saturated carbocycles. The highest BCUT2D eigenvalue weighted by molar-refractivity contribution is 14.0. The number of hydrogen-bond donors (Lipinski definition) is 2. The van der Waals surface area contributed by atoms with E-state index in [1.54, 1.807) is 13.1 Å². The number of rotatable bonds is 7. The number of nitrogens with zero attached hydrogens (tertiary/aromatic N) is 1. The van der Waals surface area contributed by atoms with E-state index in [2.05, 4.69) is 15.6 Å². The molecule has 28 heavy (non-hydrogen) atoms. The number of aliphatic imine (C=N–C) groups is 1. The van der Waals surface area contributed by atoms with Crippen molar-refractivity contribution in [1.29, 1.82) is 0 Å². The lowest BCUT2D eigenvalue weighted by Gasteiger charge is -2.20. The Morgan fingerprint density at radius 1 is 1.32 bits per heavy atom. The first-order valence-corrected chi connectivity index (χ1v) is 11.3. The molecule has 1 saturated heterocycles. The Morgan fingerprint density at radius 2 is 2.07 bits per heavy atom. The predicted octanol–water partition coefficient (Wildman–Crippen LogP) is 2.89. The van der Waals surface area contributed by atoms with Crippen molar-refractivity contribution in [3.05, 3.63) is 29.6 Å². The van der Waals surface area contributed by atoms with Gasteiger partial charge < -0.3 is 15.4 Å². The van der Waals surface area contributed by atoms with Gasteiger partial charge in [-0.05, 0) is 55.7 Å². The van der Waals surface area contributed by atoms with Crippen LogP contribution in [0.5, 0.6) is 5.75 Å². The average Bonchev–Trinajstić information content (AvgIpc) is 3.39. The largest absolute Gasteiger partial charge is 0.490 e. The fourth-order valence-electron chi connectivity index (χ4n) is 3.15. The first kappa shape index (κ1) is 23.2. The first-order valence-electron chi connectivity index (χ1n) is 9.46. The lowest BCUT2D eigenvalue weighted by Crippen LogP contribution is -2.41. The third kappa shape index (κ3) is 6.75. The minimum Gasteiger partial charge on any atom is -0.490 e. The molecule has 0 spiro atoms. The number of nitrogens with one attached hydrogen (secondary N) is 2. The molecule has 2 atom stereocenters. The van der Waals surface area contributed by atoms with Crippen molar-refractivity contribution in [3.8, 4) is 5.75 Å². The molecule has 1 aromatic rings. The predicted molar refractivity (Wildman–Crippen MR) is 120 cm³/mol. The van der Waals surface area contributed by atoms with Crippen molar-refractivity contribution < 1.29 is 17.5 Å². The second-order valence-electron chi connectivity index (χ2n) is 7.53. The molecule has 2 aliphatic rings. The van der Waals surface area contributed by atoms with Gasteiger partial charge in [0.15, 0.2) is 27.4 Å². The van der Waals surface area contributed by atoms with Crippen LogP contribution in [0.1, 0.15) is 37.8 Å². The Hall–Kier alpha value is -1.10. The van der Waals surface area contributed by atoms with Gasteiger partial charge in [0.2, 0.25) is 0 Å². The monoisotopic (exact) mass is 525 g/mol. The molecule has 1 aliphatic carbocycles. The third-order valence-electron chi connectivity index (χ3n) is 5.09. The minimum absolute atomic E-state index is 0. The van der Waals surface area contributed by atoms with Gasteiger partial charge in [0, 0.05) is 13.6 Å². The summed E-state index contributed by atoms with van der Waals surface area (Å²) in [4.78, 5) is 4.17. The highest BCUT2D eigenvalue weighted by Crippen LogP contribution is 2.30. The van der Waals surface area contributed by atoms with E-state index in [0.717, 1.165) is 5.56 Å². The lowest BCUT2D eigenvalue weighted by molar-refractivity contribution is 0.285. The van der Waals surface area contributed by atoms with E-state index < -0.39 is 9.84 Å². The zero-order valence-corrected chi connectivity index (χ0v) is 19.4. The van der Waals surface area contributed by atoms with Gasteiger partial charge in [-0.2, -0.15) is 0 Å². The van der Waals surface area contributed by atoms with E-state index in [1.165, 1.54) is 18.9 Å². The van der Waals surface area contributed by atoms with Gasteiger partial charge in [-0.25, -0.2) is 12.8 Å². The Balaban J connectivity index is 0.00000280. The molecule has 158 valence electrons. The van der Waals surface area contributed by atoms with E-state index in [1.807, 2.05) is 13.0 Å². The second kappa shape index (κ2) is 10.1. The van der Waals surface area contributed by atoms with Crippen LogP contribution >= 0.6 is 24.0 Å². The number of hydrogen-bond acceptors (Lipinski definition) is 4. The van der Waals surface area contributed by atoms with Crippen molar-refractivity contribution in [2.75, 3.05) is 31.7 Å². The Labute approximate surface area is 183 Å². The van der Waals surface area contributed by atoms with Crippen molar-refractivity contribution in [1.82, 2.24) is 10.6 Å². The Bertz CT molecular complexity index is 800. The molecule has 2 N–H and O–H groups in total. The number of benzene rings is 1. The zero-order valence-electron chi connectivity index (χ0n) is 16.3. The minimum atomic E-state index is -2.89. The van der Waals surface area contributed by atoms with Crippen LogP contribution < -0.4 is 15.4 Å². The molecular formula is C19H29FIN3O3S. The molecule has 6 nitrogen and oxygen atoms in total. The van der Waals surface area contributed by atoms with E-state index in [4.69, 9.17) is 4.74 Å². The van der Waals surface area contributed by atoms with Crippen molar-refractivity contribution >= 4 is 39.8 Å². The first-order chi connectivity index (χ1) is 12.9. The second-order valence-corrected chi connectivity index (χ2v) is 9.76. The van der Waals surface area contributed by atoms with Crippen molar-refractivity contribution in [2.24, 2.45) is 16.8 Å². The summed E-state index contributed by atoms with van der Waals surface area (Å²) in [5, 5.41) is 6.39. The summed E-state index contributed by atoms with van der Waals surface area (Å²) in [5.74, 6) is 1.67. The van der Waals surface area contributed by atoms with Crippen molar-refractivity contribution in [3.63, 3.8) is 0 Å². The van der Waals surface area contributed by atoms with Crippen LogP contribution in [0.4, 0.5) is 4.39 Å². The van der Waals surface area contributed by atoms with Crippen LogP contribution in [0.3, 0.4) is 0 Å². The van der Waals surface area contributed by atoms with Gasteiger partial charge in [0.05, 0.1) is 24.2 Å². The smallest absolute Gasteiger partial charge is 0.191 e. The summed E-state index contributed by atoms with van der Waals surface area (Å²) in [6.45, 7) is 3.05. The molecule has 0 bridgehead atoms. The van der Waals surface area contributed by atoms with Gasteiger partial charge in [0.1, 0.15) is 0 Å². The van der Waals surface area contributed by atoms with Crippen LogP contribution in [0.15, 0.2) is 23.2 Å². The number of halogens is 2. The highest BCUT2D eigenvalue weighted by Gasteiger charge is 2.28. The molecule has 3 rings (SSSR count). The van der Waals surface area contributed by atoms with Crippen LogP contribution in [-0.2, 0) is 9.84 Å². The summed E-state index contributed by atoms with van der Waals surface area (Å²) in [6.07, 6.45) is 3.01. The van der Waals surface area contributed by atoms with E-state index >= 15 is 0 Å². The third-order valence-corrected chi connectivity index (χ3v) is 6.93. The molecule has 0 amide bonds.